The fourth-order valence-corrected chi connectivity index (χ4v) is 3.10. The van der Waals surface area contributed by atoms with E-state index in [1.54, 1.807) is 18.9 Å². The van der Waals surface area contributed by atoms with Gasteiger partial charge in [-0.3, -0.25) is 9.59 Å². The summed E-state index contributed by atoms with van der Waals surface area (Å²) < 4.78 is 11.1. The van der Waals surface area contributed by atoms with Gasteiger partial charge in [-0.15, -0.1) is 0 Å². The van der Waals surface area contributed by atoms with E-state index in [2.05, 4.69) is 5.32 Å². The lowest BCUT2D eigenvalue weighted by Gasteiger charge is -2.29. The molecule has 0 radical (unpaired) electrons. The first-order chi connectivity index (χ1) is 14.7. The molecule has 2 rings (SSSR count). The normalized spacial score (nSPS) is 12.6. The fourth-order valence-electron chi connectivity index (χ4n) is 3.10. The maximum atomic E-state index is 13.2. The summed E-state index contributed by atoms with van der Waals surface area (Å²) in [4.78, 5) is 27.5. The molecule has 1 N–H and O–H groups in total. The molecule has 0 saturated heterocycles. The van der Waals surface area contributed by atoms with E-state index in [9.17, 15) is 9.59 Å². The number of benzene rings is 2. The molecule has 2 aromatic carbocycles. The van der Waals surface area contributed by atoms with Crippen molar-refractivity contribution in [1.29, 1.82) is 0 Å². The van der Waals surface area contributed by atoms with Crippen LogP contribution in [0.5, 0.6) is 11.5 Å². The summed E-state index contributed by atoms with van der Waals surface area (Å²) in [6.45, 7) is 9.75. The molecule has 0 bridgehead atoms. The molecule has 0 aliphatic carbocycles. The molecule has 6 nitrogen and oxygen atoms in total. The van der Waals surface area contributed by atoms with Gasteiger partial charge in [0.25, 0.3) is 5.91 Å². The molecule has 0 spiro atoms. The highest BCUT2D eigenvalue weighted by atomic mass is 16.5. The zero-order valence-corrected chi connectivity index (χ0v) is 19.4. The van der Waals surface area contributed by atoms with E-state index in [1.165, 1.54) is 0 Å². The van der Waals surface area contributed by atoms with Gasteiger partial charge in [0.15, 0.2) is 6.61 Å². The van der Waals surface area contributed by atoms with Crippen LogP contribution in [0.25, 0.3) is 0 Å². The molecule has 0 fully saturated rings. The van der Waals surface area contributed by atoms with E-state index >= 15 is 0 Å². The highest BCUT2D eigenvalue weighted by Crippen LogP contribution is 2.20. The van der Waals surface area contributed by atoms with Crippen molar-refractivity contribution < 1.29 is 19.1 Å². The van der Waals surface area contributed by atoms with Gasteiger partial charge >= 0.3 is 0 Å². The highest BCUT2D eigenvalue weighted by molar-refractivity contribution is 5.88. The molecule has 0 heterocycles. The van der Waals surface area contributed by atoms with Gasteiger partial charge in [0.05, 0.1) is 7.11 Å². The SMILES string of the molecule is CC[C@H](C)NC(=O)[C@@H](C)N(Cc1cccc(OC)c1)C(=O)COc1cc(C)ccc1C. The second kappa shape index (κ2) is 11.4. The summed E-state index contributed by atoms with van der Waals surface area (Å²) in [5.41, 5.74) is 2.89. The van der Waals surface area contributed by atoms with E-state index in [0.717, 1.165) is 23.1 Å². The molecule has 0 aliphatic heterocycles. The average molecular weight is 427 g/mol. The van der Waals surface area contributed by atoms with Crippen molar-refractivity contribution in [2.45, 2.75) is 59.7 Å². The molecule has 0 aliphatic rings. The number of carbonyl (C=O) groups is 2. The van der Waals surface area contributed by atoms with Gasteiger partial charge in [0, 0.05) is 12.6 Å². The third kappa shape index (κ3) is 7.02. The van der Waals surface area contributed by atoms with E-state index in [1.807, 2.05) is 70.2 Å². The Morgan fingerprint density at radius 3 is 2.52 bits per heavy atom. The fraction of sp³-hybridized carbons (Fsp3) is 0.440. The van der Waals surface area contributed by atoms with Crippen LogP contribution in [-0.4, -0.2) is 42.5 Å². The number of rotatable bonds is 10. The highest BCUT2D eigenvalue weighted by Gasteiger charge is 2.27. The second-order valence-corrected chi connectivity index (χ2v) is 7.92. The summed E-state index contributed by atoms with van der Waals surface area (Å²) >= 11 is 0. The minimum atomic E-state index is -0.644. The van der Waals surface area contributed by atoms with Crippen molar-refractivity contribution in [2.75, 3.05) is 13.7 Å². The van der Waals surface area contributed by atoms with Crippen LogP contribution in [0.15, 0.2) is 42.5 Å². The standard InChI is InChI=1S/C25H34N2O4/c1-7-19(4)26-25(29)20(5)27(15-21-9-8-10-22(14-21)30-6)24(28)16-31-23-13-17(2)11-12-18(23)3/h8-14,19-20H,7,15-16H2,1-6H3,(H,26,29)/t19-,20+/m0/s1. The Balaban J connectivity index is 2.21. The maximum absolute atomic E-state index is 13.2. The van der Waals surface area contributed by atoms with Gasteiger partial charge < -0.3 is 19.7 Å². The first-order valence-corrected chi connectivity index (χ1v) is 10.7. The van der Waals surface area contributed by atoms with Crippen molar-refractivity contribution in [3.63, 3.8) is 0 Å². The molecule has 2 amide bonds. The molecule has 2 atom stereocenters. The van der Waals surface area contributed by atoms with Crippen LogP contribution in [0.4, 0.5) is 0 Å². The van der Waals surface area contributed by atoms with Crippen molar-refractivity contribution in [3.8, 4) is 11.5 Å². The van der Waals surface area contributed by atoms with E-state index in [4.69, 9.17) is 9.47 Å². The minimum Gasteiger partial charge on any atom is -0.497 e. The summed E-state index contributed by atoms with van der Waals surface area (Å²) in [5, 5.41) is 2.97. The summed E-state index contributed by atoms with van der Waals surface area (Å²) in [7, 11) is 1.60. The lowest BCUT2D eigenvalue weighted by Crippen LogP contribution is -2.50. The van der Waals surface area contributed by atoms with E-state index in [0.29, 0.717) is 11.5 Å². The minimum absolute atomic E-state index is 0.0370. The Morgan fingerprint density at radius 1 is 1.10 bits per heavy atom. The van der Waals surface area contributed by atoms with Crippen LogP contribution < -0.4 is 14.8 Å². The first-order valence-electron chi connectivity index (χ1n) is 10.7. The van der Waals surface area contributed by atoms with Crippen molar-refractivity contribution in [1.82, 2.24) is 10.2 Å². The lowest BCUT2D eigenvalue weighted by molar-refractivity contribution is -0.142. The van der Waals surface area contributed by atoms with Gasteiger partial charge in [0.1, 0.15) is 17.5 Å². The Morgan fingerprint density at radius 2 is 1.84 bits per heavy atom. The Kier molecular flexibility index (Phi) is 8.91. The lowest BCUT2D eigenvalue weighted by atomic mass is 10.1. The number of hydrogen-bond donors (Lipinski definition) is 1. The molecule has 0 aromatic heterocycles. The van der Waals surface area contributed by atoms with Crippen molar-refractivity contribution >= 4 is 11.8 Å². The van der Waals surface area contributed by atoms with E-state index in [-0.39, 0.29) is 31.0 Å². The zero-order chi connectivity index (χ0) is 23.0. The predicted molar refractivity (Wildman–Crippen MR) is 122 cm³/mol. The van der Waals surface area contributed by atoms with Crippen molar-refractivity contribution in [2.24, 2.45) is 0 Å². The van der Waals surface area contributed by atoms with Gasteiger partial charge in [-0.05, 0) is 69.0 Å². The average Bonchev–Trinajstić information content (AvgIpc) is 2.77. The van der Waals surface area contributed by atoms with Gasteiger partial charge in [-0.25, -0.2) is 0 Å². The second-order valence-electron chi connectivity index (χ2n) is 7.92. The third-order valence-corrected chi connectivity index (χ3v) is 5.35. The van der Waals surface area contributed by atoms with Crippen LogP contribution in [0.1, 0.15) is 43.9 Å². The predicted octanol–water partition coefficient (Wildman–Crippen LogP) is 4.02. The van der Waals surface area contributed by atoms with Crippen LogP contribution in [0.2, 0.25) is 0 Å². The topological polar surface area (TPSA) is 67.9 Å². The maximum Gasteiger partial charge on any atom is 0.261 e. The summed E-state index contributed by atoms with van der Waals surface area (Å²) in [6.07, 6.45) is 0.817. The van der Waals surface area contributed by atoms with E-state index < -0.39 is 6.04 Å². The Bertz CT molecular complexity index is 897. The van der Waals surface area contributed by atoms with Crippen LogP contribution in [0.3, 0.4) is 0 Å². The molecule has 0 saturated carbocycles. The number of ether oxygens (including phenoxy) is 2. The van der Waals surface area contributed by atoms with Crippen molar-refractivity contribution in [3.05, 3.63) is 59.2 Å². The molecular formula is C25H34N2O4. The third-order valence-electron chi connectivity index (χ3n) is 5.35. The smallest absolute Gasteiger partial charge is 0.261 e. The zero-order valence-electron chi connectivity index (χ0n) is 19.4. The number of methoxy groups -OCH3 is 1. The van der Waals surface area contributed by atoms with Crippen LogP contribution in [0, 0.1) is 13.8 Å². The number of carbonyl (C=O) groups excluding carboxylic acids is 2. The number of aryl methyl sites for hydroxylation is 2. The number of nitrogens with one attached hydrogen (secondary N) is 1. The summed E-state index contributed by atoms with van der Waals surface area (Å²) in [5.74, 6) is 0.937. The first kappa shape index (κ1) is 24.3. The largest absolute Gasteiger partial charge is 0.497 e. The molecule has 2 aromatic rings. The van der Waals surface area contributed by atoms with Gasteiger partial charge in [0.2, 0.25) is 5.91 Å². The molecule has 168 valence electrons. The number of hydrogen-bond acceptors (Lipinski definition) is 4. The number of amides is 2. The van der Waals surface area contributed by atoms with Crippen LogP contribution >= 0.6 is 0 Å². The van der Waals surface area contributed by atoms with Gasteiger partial charge in [-0.2, -0.15) is 0 Å². The molecule has 0 unspecified atom stereocenters. The summed E-state index contributed by atoms with van der Waals surface area (Å²) in [6, 6.07) is 12.8. The molecular weight excluding hydrogens is 392 g/mol. The molecule has 31 heavy (non-hydrogen) atoms. The Labute approximate surface area is 185 Å². The monoisotopic (exact) mass is 426 g/mol. The van der Waals surface area contributed by atoms with Crippen LogP contribution in [-0.2, 0) is 16.1 Å². The quantitative estimate of drug-likeness (QED) is 0.623. The van der Waals surface area contributed by atoms with Gasteiger partial charge in [-0.1, -0.05) is 31.2 Å². The molecule has 6 heteroatoms. The number of nitrogens with zero attached hydrogens (tertiary/aromatic N) is 1. The Hall–Kier alpha value is -3.02.